The first-order valence-electron chi connectivity index (χ1n) is 7.11. The molecule has 6 heteroatoms. The monoisotopic (exact) mass is 301 g/mol. The lowest BCUT2D eigenvalue weighted by Crippen LogP contribution is -2.07. The second-order valence-corrected chi connectivity index (χ2v) is 6.09. The van der Waals surface area contributed by atoms with E-state index in [-0.39, 0.29) is 0 Å². The van der Waals surface area contributed by atoms with E-state index in [2.05, 4.69) is 28.1 Å². The zero-order chi connectivity index (χ0) is 14.8. The van der Waals surface area contributed by atoms with Gasteiger partial charge in [-0.1, -0.05) is 13.0 Å². The first-order valence-corrected chi connectivity index (χ1v) is 8.34. The van der Waals surface area contributed by atoms with Crippen molar-refractivity contribution < 1.29 is 0 Å². The standard InChI is InChI=1S/C15H19N5S/c1-10-5-3-6-11(9-10)12-13(16)20(19-14(12)21-2)15-17-7-4-8-18-15/h4,7-10H,3,5-6,16H2,1-2H3. The molecular weight excluding hydrogens is 282 g/mol. The number of aromatic nitrogens is 4. The number of hydrogen-bond donors (Lipinski definition) is 1. The molecule has 0 saturated heterocycles. The summed E-state index contributed by atoms with van der Waals surface area (Å²) in [5.41, 5.74) is 8.71. The largest absolute Gasteiger partial charge is 0.383 e. The maximum absolute atomic E-state index is 6.35. The van der Waals surface area contributed by atoms with E-state index >= 15 is 0 Å². The maximum Gasteiger partial charge on any atom is 0.252 e. The van der Waals surface area contributed by atoms with Gasteiger partial charge >= 0.3 is 0 Å². The van der Waals surface area contributed by atoms with Gasteiger partial charge in [0.2, 0.25) is 0 Å². The molecule has 3 rings (SSSR count). The van der Waals surface area contributed by atoms with Crippen LogP contribution in [0.5, 0.6) is 0 Å². The Labute approximate surface area is 128 Å². The molecule has 2 heterocycles. The number of nitrogens with zero attached hydrogens (tertiary/aromatic N) is 4. The molecule has 0 bridgehead atoms. The minimum absolute atomic E-state index is 0.515. The van der Waals surface area contributed by atoms with E-state index in [9.17, 15) is 0 Å². The maximum atomic E-state index is 6.35. The zero-order valence-corrected chi connectivity index (χ0v) is 13.1. The van der Waals surface area contributed by atoms with Crippen LogP contribution in [0.4, 0.5) is 5.82 Å². The molecule has 0 aliphatic heterocycles. The fourth-order valence-electron chi connectivity index (χ4n) is 2.74. The number of allylic oxidation sites excluding steroid dienone is 2. The van der Waals surface area contributed by atoms with Gasteiger partial charge in [-0.05, 0) is 43.1 Å². The molecule has 2 N–H and O–H groups in total. The number of anilines is 1. The Morgan fingerprint density at radius 2 is 2.10 bits per heavy atom. The van der Waals surface area contributed by atoms with Crippen molar-refractivity contribution in [2.75, 3.05) is 12.0 Å². The summed E-state index contributed by atoms with van der Waals surface area (Å²) in [6, 6.07) is 1.78. The quantitative estimate of drug-likeness (QED) is 0.882. The van der Waals surface area contributed by atoms with Crippen molar-refractivity contribution in [1.29, 1.82) is 0 Å². The van der Waals surface area contributed by atoms with Crippen molar-refractivity contribution in [3.8, 4) is 5.95 Å². The van der Waals surface area contributed by atoms with Crippen LogP contribution in [0.25, 0.3) is 11.5 Å². The van der Waals surface area contributed by atoms with E-state index in [1.54, 1.807) is 34.9 Å². The number of hydrogen-bond acceptors (Lipinski definition) is 5. The predicted molar refractivity (Wildman–Crippen MR) is 86.3 cm³/mol. The molecule has 0 spiro atoms. The first-order chi connectivity index (χ1) is 10.2. The average Bonchev–Trinajstić information content (AvgIpc) is 2.85. The van der Waals surface area contributed by atoms with Crippen LogP contribution in [-0.4, -0.2) is 26.0 Å². The van der Waals surface area contributed by atoms with Gasteiger partial charge in [-0.3, -0.25) is 0 Å². The van der Waals surface area contributed by atoms with Gasteiger partial charge in [0.15, 0.2) is 0 Å². The molecule has 1 aliphatic rings. The molecule has 0 saturated carbocycles. The van der Waals surface area contributed by atoms with Crippen molar-refractivity contribution in [2.45, 2.75) is 31.2 Å². The highest BCUT2D eigenvalue weighted by Crippen LogP contribution is 2.38. The van der Waals surface area contributed by atoms with E-state index < -0.39 is 0 Å². The molecule has 21 heavy (non-hydrogen) atoms. The van der Waals surface area contributed by atoms with Crippen LogP contribution in [0.15, 0.2) is 29.6 Å². The Balaban J connectivity index is 2.11. The minimum Gasteiger partial charge on any atom is -0.383 e. The Bertz CT molecular complexity index is 662. The third-order valence-electron chi connectivity index (χ3n) is 3.74. The van der Waals surface area contributed by atoms with Crippen molar-refractivity contribution in [2.24, 2.45) is 5.92 Å². The van der Waals surface area contributed by atoms with E-state index in [0.29, 0.717) is 17.7 Å². The first kappa shape index (κ1) is 14.1. The van der Waals surface area contributed by atoms with Crippen molar-refractivity contribution in [3.05, 3.63) is 30.1 Å². The van der Waals surface area contributed by atoms with Gasteiger partial charge in [0, 0.05) is 12.4 Å². The highest BCUT2D eigenvalue weighted by atomic mass is 32.2. The fraction of sp³-hybridized carbons (Fsp3) is 0.400. The van der Waals surface area contributed by atoms with Crippen molar-refractivity contribution >= 4 is 23.2 Å². The third kappa shape index (κ3) is 2.68. The summed E-state index contributed by atoms with van der Waals surface area (Å²) in [6.45, 7) is 2.25. The molecule has 1 aliphatic carbocycles. The average molecular weight is 301 g/mol. The highest BCUT2D eigenvalue weighted by Gasteiger charge is 2.22. The highest BCUT2D eigenvalue weighted by molar-refractivity contribution is 7.98. The van der Waals surface area contributed by atoms with Gasteiger partial charge in [-0.25, -0.2) is 9.97 Å². The van der Waals surface area contributed by atoms with Crippen molar-refractivity contribution in [3.63, 3.8) is 0 Å². The number of rotatable bonds is 3. The van der Waals surface area contributed by atoms with Gasteiger partial charge in [0.1, 0.15) is 10.8 Å². The van der Waals surface area contributed by atoms with Gasteiger partial charge in [-0.2, -0.15) is 9.78 Å². The van der Waals surface area contributed by atoms with Crippen LogP contribution in [0.3, 0.4) is 0 Å². The van der Waals surface area contributed by atoms with Crippen molar-refractivity contribution in [1.82, 2.24) is 19.7 Å². The summed E-state index contributed by atoms with van der Waals surface area (Å²) in [6.07, 6.45) is 11.2. The van der Waals surface area contributed by atoms with E-state index in [1.807, 2.05) is 6.26 Å². The lowest BCUT2D eigenvalue weighted by atomic mass is 9.89. The molecule has 2 aromatic rings. The second kappa shape index (κ2) is 5.89. The Hall–Kier alpha value is -1.82. The number of nitrogen functional groups attached to an aromatic ring is 1. The van der Waals surface area contributed by atoms with E-state index in [0.717, 1.165) is 17.0 Å². The molecule has 0 radical (unpaired) electrons. The Morgan fingerprint density at radius 1 is 1.33 bits per heavy atom. The molecule has 5 nitrogen and oxygen atoms in total. The number of thioether (sulfide) groups is 1. The molecule has 110 valence electrons. The van der Waals surface area contributed by atoms with Crippen LogP contribution in [0, 0.1) is 5.92 Å². The minimum atomic E-state index is 0.515. The summed E-state index contributed by atoms with van der Waals surface area (Å²) in [5.74, 6) is 1.74. The fourth-order valence-corrected chi connectivity index (χ4v) is 3.34. The van der Waals surface area contributed by atoms with Crippen LogP contribution >= 0.6 is 11.8 Å². The summed E-state index contributed by atoms with van der Waals surface area (Å²) in [5, 5.41) is 5.53. The van der Waals surface area contributed by atoms with Gasteiger partial charge < -0.3 is 5.73 Å². The molecule has 0 fully saturated rings. The molecule has 0 amide bonds. The lowest BCUT2D eigenvalue weighted by molar-refractivity contribution is 0.592. The normalized spacial score (nSPS) is 18.6. The van der Waals surface area contributed by atoms with Gasteiger partial charge in [0.25, 0.3) is 5.95 Å². The Kier molecular flexibility index (Phi) is 3.96. The van der Waals surface area contributed by atoms with Crippen LogP contribution in [-0.2, 0) is 0 Å². The molecule has 0 aromatic carbocycles. The Morgan fingerprint density at radius 3 is 2.76 bits per heavy atom. The topological polar surface area (TPSA) is 69.6 Å². The van der Waals surface area contributed by atoms with Gasteiger partial charge in [0.05, 0.1) is 5.56 Å². The second-order valence-electron chi connectivity index (χ2n) is 5.29. The number of nitrogens with two attached hydrogens (primary N) is 1. The van der Waals surface area contributed by atoms with Crippen LogP contribution < -0.4 is 5.73 Å². The predicted octanol–water partition coefficient (Wildman–Crippen LogP) is 3.17. The smallest absolute Gasteiger partial charge is 0.252 e. The summed E-state index contributed by atoms with van der Waals surface area (Å²) < 4.78 is 1.64. The van der Waals surface area contributed by atoms with E-state index in [1.165, 1.54) is 18.4 Å². The summed E-state index contributed by atoms with van der Waals surface area (Å²) >= 11 is 1.61. The molecule has 2 aromatic heterocycles. The van der Waals surface area contributed by atoms with E-state index in [4.69, 9.17) is 5.73 Å². The van der Waals surface area contributed by atoms with Crippen LogP contribution in [0.2, 0.25) is 0 Å². The SMILES string of the molecule is CSc1nn(-c2ncccn2)c(N)c1C1=CC(C)CCC1. The molecule has 1 atom stereocenters. The lowest BCUT2D eigenvalue weighted by Gasteiger charge is -2.18. The molecular formula is C15H19N5S. The zero-order valence-electron chi connectivity index (χ0n) is 12.3. The molecule has 1 unspecified atom stereocenters. The van der Waals surface area contributed by atoms with Gasteiger partial charge in [-0.15, -0.1) is 11.8 Å². The summed E-state index contributed by atoms with van der Waals surface area (Å²) in [7, 11) is 0. The van der Waals surface area contributed by atoms with Crippen LogP contribution in [0.1, 0.15) is 31.7 Å². The third-order valence-corrected chi connectivity index (χ3v) is 4.41. The summed E-state index contributed by atoms with van der Waals surface area (Å²) in [4.78, 5) is 8.48.